The van der Waals surface area contributed by atoms with Crippen molar-refractivity contribution in [2.45, 2.75) is 26.2 Å². The van der Waals surface area contributed by atoms with Crippen molar-refractivity contribution in [3.63, 3.8) is 0 Å². The minimum absolute atomic E-state index is 0.0893. The molecule has 0 radical (unpaired) electrons. The van der Waals surface area contributed by atoms with Gasteiger partial charge in [0.25, 0.3) is 0 Å². The van der Waals surface area contributed by atoms with E-state index in [4.69, 9.17) is 5.73 Å². The lowest BCUT2D eigenvalue weighted by Gasteiger charge is -2.03. The van der Waals surface area contributed by atoms with Gasteiger partial charge in [-0.05, 0) is 26.3 Å². The van der Waals surface area contributed by atoms with Crippen LogP contribution >= 0.6 is 0 Å². The van der Waals surface area contributed by atoms with Gasteiger partial charge in [-0.25, -0.2) is 0 Å². The third-order valence-corrected chi connectivity index (χ3v) is 1.45. The van der Waals surface area contributed by atoms with Crippen LogP contribution in [0, 0.1) is 0 Å². The Balaban J connectivity index is 3.28. The molecular formula is C9H18N2O. The summed E-state index contributed by atoms with van der Waals surface area (Å²) in [5.74, 6) is 0.0893. The second-order valence-electron chi connectivity index (χ2n) is 2.98. The van der Waals surface area contributed by atoms with Crippen molar-refractivity contribution in [2.75, 3.05) is 13.1 Å². The smallest absolute Gasteiger partial charge is 0.220 e. The first kappa shape index (κ1) is 11.2. The number of carbonyl (C=O) groups excluding carboxylic acids is 1. The number of carbonyl (C=O) groups is 1. The molecule has 0 aliphatic rings. The summed E-state index contributed by atoms with van der Waals surface area (Å²) in [5.41, 5.74) is 6.27. The van der Waals surface area contributed by atoms with E-state index in [2.05, 4.69) is 11.9 Å². The van der Waals surface area contributed by atoms with Gasteiger partial charge in [-0.3, -0.25) is 4.79 Å². The summed E-state index contributed by atoms with van der Waals surface area (Å²) in [7, 11) is 0. The van der Waals surface area contributed by atoms with E-state index >= 15 is 0 Å². The molecule has 0 atom stereocenters. The van der Waals surface area contributed by atoms with Gasteiger partial charge in [0.1, 0.15) is 0 Å². The van der Waals surface area contributed by atoms with Crippen molar-refractivity contribution in [1.29, 1.82) is 0 Å². The second-order valence-corrected chi connectivity index (χ2v) is 2.98. The molecule has 0 aliphatic heterocycles. The summed E-state index contributed by atoms with van der Waals surface area (Å²) in [4.78, 5) is 11.0. The predicted molar refractivity (Wildman–Crippen MR) is 50.7 cm³/mol. The van der Waals surface area contributed by atoms with Crippen LogP contribution < -0.4 is 11.1 Å². The quantitative estimate of drug-likeness (QED) is 0.458. The van der Waals surface area contributed by atoms with Gasteiger partial charge in [-0.1, -0.05) is 12.2 Å². The monoisotopic (exact) mass is 170 g/mol. The molecule has 0 fully saturated rings. The highest BCUT2D eigenvalue weighted by atomic mass is 16.1. The first-order valence-electron chi connectivity index (χ1n) is 4.28. The molecule has 3 N–H and O–H groups in total. The van der Waals surface area contributed by atoms with E-state index in [0.717, 1.165) is 18.4 Å². The summed E-state index contributed by atoms with van der Waals surface area (Å²) in [6, 6.07) is 0. The van der Waals surface area contributed by atoms with Crippen LogP contribution in [-0.2, 0) is 4.79 Å². The van der Waals surface area contributed by atoms with E-state index in [0.29, 0.717) is 19.5 Å². The average Bonchev–Trinajstić information content (AvgIpc) is 2.01. The van der Waals surface area contributed by atoms with Crippen LogP contribution in [0.15, 0.2) is 12.2 Å². The van der Waals surface area contributed by atoms with E-state index < -0.39 is 0 Å². The lowest BCUT2D eigenvalue weighted by Crippen LogP contribution is -2.24. The molecule has 1 amide bonds. The third-order valence-electron chi connectivity index (χ3n) is 1.45. The fourth-order valence-corrected chi connectivity index (χ4v) is 0.768. The Morgan fingerprint density at radius 2 is 2.17 bits per heavy atom. The SMILES string of the molecule is C=C(C)CNC(=O)CCCCN. The fourth-order valence-electron chi connectivity index (χ4n) is 0.768. The summed E-state index contributed by atoms with van der Waals surface area (Å²) in [5, 5.41) is 2.76. The topological polar surface area (TPSA) is 55.1 Å². The fraction of sp³-hybridized carbons (Fsp3) is 0.667. The molecule has 0 heterocycles. The van der Waals surface area contributed by atoms with Crippen LogP contribution in [0.4, 0.5) is 0 Å². The van der Waals surface area contributed by atoms with Gasteiger partial charge in [0.15, 0.2) is 0 Å². The van der Waals surface area contributed by atoms with Crippen molar-refractivity contribution < 1.29 is 4.79 Å². The van der Waals surface area contributed by atoms with E-state index in [1.54, 1.807) is 0 Å². The van der Waals surface area contributed by atoms with E-state index in [1.165, 1.54) is 0 Å². The van der Waals surface area contributed by atoms with Crippen molar-refractivity contribution >= 4 is 5.91 Å². The highest BCUT2D eigenvalue weighted by Gasteiger charge is 1.98. The second kappa shape index (κ2) is 6.85. The van der Waals surface area contributed by atoms with Gasteiger partial charge in [0, 0.05) is 13.0 Å². The van der Waals surface area contributed by atoms with E-state index in [9.17, 15) is 4.79 Å². The lowest BCUT2D eigenvalue weighted by atomic mass is 10.2. The maximum absolute atomic E-state index is 11.0. The highest BCUT2D eigenvalue weighted by molar-refractivity contribution is 5.76. The molecule has 0 rings (SSSR count). The van der Waals surface area contributed by atoms with Crippen molar-refractivity contribution in [1.82, 2.24) is 5.32 Å². The summed E-state index contributed by atoms with van der Waals surface area (Å²) in [6.07, 6.45) is 2.36. The normalized spacial score (nSPS) is 9.50. The molecule has 3 heteroatoms. The zero-order valence-corrected chi connectivity index (χ0v) is 7.73. The number of rotatable bonds is 6. The Morgan fingerprint density at radius 1 is 1.50 bits per heavy atom. The van der Waals surface area contributed by atoms with E-state index in [1.807, 2.05) is 6.92 Å². The van der Waals surface area contributed by atoms with Crippen LogP contribution in [0.3, 0.4) is 0 Å². The third kappa shape index (κ3) is 7.28. The number of unbranched alkanes of at least 4 members (excludes halogenated alkanes) is 1. The number of nitrogens with one attached hydrogen (secondary N) is 1. The van der Waals surface area contributed by atoms with Crippen molar-refractivity contribution in [3.8, 4) is 0 Å². The van der Waals surface area contributed by atoms with Gasteiger partial charge in [0.2, 0.25) is 5.91 Å². The molecule has 0 saturated carbocycles. The first-order chi connectivity index (χ1) is 5.66. The molecule has 0 spiro atoms. The van der Waals surface area contributed by atoms with Crippen LogP contribution in [0.25, 0.3) is 0 Å². The van der Waals surface area contributed by atoms with Crippen LogP contribution in [0.1, 0.15) is 26.2 Å². The maximum atomic E-state index is 11.0. The van der Waals surface area contributed by atoms with Gasteiger partial charge in [-0.15, -0.1) is 0 Å². The summed E-state index contributed by atoms with van der Waals surface area (Å²) < 4.78 is 0. The minimum Gasteiger partial charge on any atom is -0.352 e. The van der Waals surface area contributed by atoms with Gasteiger partial charge >= 0.3 is 0 Å². The molecule has 0 unspecified atom stereocenters. The van der Waals surface area contributed by atoms with Gasteiger partial charge in [-0.2, -0.15) is 0 Å². The minimum atomic E-state index is 0.0893. The predicted octanol–water partition coefficient (Wildman–Crippen LogP) is 0.808. The number of hydrogen-bond donors (Lipinski definition) is 2. The molecule has 0 aromatic carbocycles. The highest BCUT2D eigenvalue weighted by Crippen LogP contribution is 1.93. The summed E-state index contributed by atoms with van der Waals surface area (Å²) >= 11 is 0. The zero-order chi connectivity index (χ0) is 9.40. The molecule has 0 aliphatic carbocycles. The molecule has 0 aromatic rings. The van der Waals surface area contributed by atoms with Crippen molar-refractivity contribution in [3.05, 3.63) is 12.2 Å². The zero-order valence-electron chi connectivity index (χ0n) is 7.73. The number of amides is 1. The molecule has 3 nitrogen and oxygen atoms in total. The molecule has 0 saturated heterocycles. The van der Waals surface area contributed by atoms with Crippen LogP contribution in [0.5, 0.6) is 0 Å². The largest absolute Gasteiger partial charge is 0.352 e. The number of hydrogen-bond acceptors (Lipinski definition) is 2. The van der Waals surface area contributed by atoms with Crippen molar-refractivity contribution in [2.24, 2.45) is 5.73 Å². The van der Waals surface area contributed by atoms with Gasteiger partial charge in [0.05, 0.1) is 0 Å². The maximum Gasteiger partial charge on any atom is 0.220 e. The van der Waals surface area contributed by atoms with Crippen LogP contribution in [0.2, 0.25) is 0 Å². The first-order valence-corrected chi connectivity index (χ1v) is 4.28. The number of nitrogens with two attached hydrogens (primary N) is 1. The Bertz CT molecular complexity index is 155. The Hall–Kier alpha value is -0.830. The molecule has 12 heavy (non-hydrogen) atoms. The van der Waals surface area contributed by atoms with Crippen LogP contribution in [-0.4, -0.2) is 19.0 Å². The Labute approximate surface area is 74.0 Å². The van der Waals surface area contributed by atoms with Gasteiger partial charge < -0.3 is 11.1 Å². The molecule has 0 aromatic heterocycles. The van der Waals surface area contributed by atoms with E-state index in [-0.39, 0.29) is 5.91 Å². The Kier molecular flexibility index (Phi) is 6.38. The average molecular weight is 170 g/mol. The molecule has 0 bridgehead atoms. The summed E-state index contributed by atoms with van der Waals surface area (Å²) in [6.45, 7) is 6.82. The lowest BCUT2D eigenvalue weighted by molar-refractivity contribution is -0.121. The molecule has 70 valence electrons. The standard InChI is InChI=1S/C9H18N2O/c1-8(2)7-11-9(12)5-3-4-6-10/h1,3-7,10H2,2H3,(H,11,12). The molecular weight excluding hydrogens is 152 g/mol. The Morgan fingerprint density at radius 3 is 2.67 bits per heavy atom.